The second-order valence-corrected chi connectivity index (χ2v) is 7.33. The first-order chi connectivity index (χ1) is 11.5. The molecule has 6 nitrogen and oxygen atoms in total. The van der Waals surface area contributed by atoms with Crippen molar-refractivity contribution in [3.05, 3.63) is 38.3 Å². The van der Waals surface area contributed by atoms with Crippen molar-refractivity contribution in [1.29, 1.82) is 0 Å². The first kappa shape index (κ1) is 17.5. The highest BCUT2D eigenvalue weighted by Gasteiger charge is 2.23. The van der Waals surface area contributed by atoms with E-state index in [1.165, 1.54) is 10.9 Å². The van der Waals surface area contributed by atoms with Gasteiger partial charge in [-0.15, -0.1) is 0 Å². The molecule has 1 aromatic heterocycles. The number of hydrogen-bond donors (Lipinski definition) is 2. The Hall–Kier alpha value is -1.28. The molecule has 3 N–H and O–H groups in total. The number of nitrogens with zero attached hydrogens (tertiary/aromatic N) is 2. The van der Waals surface area contributed by atoms with E-state index in [-0.39, 0.29) is 30.0 Å². The average Bonchev–Trinajstić information content (AvgIpc) is 2.54. The van der Waals surface area contributed by atoms with Gasteiger partial charge in [0.05, 0.1) is 28.8 Å². The molecule has 0 amide bonds. The summed E-state index contributed by atoms with van der Waals surface area (Å²) in [7, 11) is 0. The summed E-state index contributed by atoms with van der Waals surface area (Å²) in [5.41, 5.74) is 6.30. The van der Waals surface area contributed by atoms with Crippen molar-refractivity contribution in [2.75, 3.05) is 6.54 Å². The zero-order valence-electron chi connectivity index (χ0n) is 13.0. The molecule has 0 radical (unpaired) electrons. The molecular weight excluding hydrogens is 396 g/mol. The number of benzene rings is 1. The van der Waals surface area contributed by atoms with Gasteiger partial charge in [0.15, 0.2) is 5.78 Å². The molecule has 0 saturated carbocycles. The fourth-order valence-electron chi connectivity index (χ4n) is 2.97. The van der Waals surface area contributed by atoms with Crippen molar-refractivity contribution in [3.63, 3.8) is 0 Å². The molecule has 1 saturated heterocycles. The van der Waals surface area contributed by atoms with Crippen LogP contribution in [0.3, 0.4) is 0 Å². The van der Waals surface area contributed by atoms with Crippen LogP contribution in [0.15, 0.2) is 27.7 Å². The van der Waals surface area contributed by atoms with E-state index in [2.05, 4.69) is 26.2 Å². The molecule has 0 spiro atoms. The number of nitrogens with one attached hydrogen (secondary N) is 1. The Morgan fingerprint density at radius 1 is 1.50 bits per heavy atom. The van der Waals surface area contributed by atoms with Gasteiger partial charge in [-0.3, -0.25) is 14.2 Å². The fraction of sp³-hybridized carbons (Fsp3) is 0.438. The van der Waals surface area contributed by atoms with Crippen LogP contribution in [0.1, 0.15) is 19.3 Å². The quantitative estimate of drug-likeness (QED) is 0.798. The summed E-state index contributed by atoms with van der Waals surface area (Å²) in [6, 6.07) is 3.21. The Labute approximate surface area is 152 Å². The van der Waals surface area contributed by atoms with Crippen LogP contribution >= 0.6 is 27.5 Å². The molecule has 2 unspecified atom stereocenters. The predicted octanol–water partition coefficient (Wildman–Crippen LogP) is 1.85. The van der Waals surface area contributed by atoms with E-state index in [9.17, 15) is 9.59 Å². The summed E-state index contributed by atoms with van der Waals surface area (Å²) in [6.07, 6.45) is 3.65. The standard InChI is InChI=1S/C16H18BrClN4O2/c17-11-6-14-10(5-12(11)18)16(24)22(8-21-14)7-9(23)4-15-13(19)2-1-3-20-15/h5-6,8,13,15,20H,1-4,7,19H2. The number of rotatable bonds is 4. The van der Waals surface area contributed by atoms with E-state index >= 15 is 0 Å². The largest absolute Gasteiger partial charge is 0.326 e. The van der Waals surface area contributed by atoms with Gasteiger partial charge in [-0.2, -0.15) is 0 Å². The van der Waals surface area contributed by atoms with Crippen LogP contribution in [0.5, 0.6) is 0 Å². The van der Waals surface area contributed by atoms with Crippen molar-refractivity contribution < 1.29 is 4.79 Å². The molecular formula is C16H18BrClN4O2. The van der Waals surface area contributed by atoms with E-state index in [0.29, 0.717) is 26.8 Å². The van der Waals surface area contributed by atoms with Gasteiger partial charge in [0.25, 0.3) is 5.56 Å². The highest BCUT2D eigenvalue weighted by atomic mass is 79.9. The number of piperidine rings is 1. The van der Waals surface area contributed by atoms with Crippen LogP contribution in [-0.2, 0) is 11.3 Å². The Morgan fingerprint density at radius 3 is 3.04 bits per heavy atom. The van der Waals surface area contributed by atoms with Crippen molar-refractivity contribution in [3.8, 4) is 0 Å². The summed E-state index contributed by atoms with van der Waals surface area (Å²) < 4.78 is 2.00. The van der Waals surface area contributed by atoms with E-state index in [1.807, 2.05) is 0 Å². The summed E-state index contributed by atoms with van der Waals surface area (Å²) in [5, 5.41) is 4.10. The van der Waals surface area contributed by atoms with E-state index in [0.717, 1.165) is 19.4 Å². The van der Waals surface area contributed by atoms with Crippen LogP contribution in [0, 0.1) is 0 Å². The lowest BCUT2D eigenvalue weighted by Gasteiger charge is -2.29. The number of ketones is 1. The monoisotopic (exact) mass is 412 g/mol. The molecule has 0 aliphatic carbocycles. The lowest BCUT2D eigenvalue weighted by atomic mass is 9.95. The van der Waals surface area contributed by atoms with Crippen LogP contribution in [0.4, 0.5) is 0 Å². The van der Waals surface area contributed by atoms with E-state index in [4.69, 9.17) is 17.3 Å². The van der Waals surface area contributed by atoms with Gasteiger partial charge in [-0.1, -0.05) is 11.6 Å². The third-order valence-corrected chi connectivity index (χ3v) is 5.50. The zero-order chi connectivity index (χ0) is 17.3. The SMILES string of the molecule is NC1CCCNC1CC(=O)Cn1cnc2cc(Br)c(Cl)cc2c1=O. The van der Waals surface area contributed by atoms with Crippen molar-refractivity contribution >= 4 is 44.2 Å². The fourth-order valence-corrected chi connectivity index (χ4v) is 3.46. The second kappa shape index (κ2) is 7.31. The van der Waals surface area contributed by atoms with Crippen LogP contribution in [0.25, 0.3) is 10.9 Å². The number of nitrogens with two attached hydrogens (primary N) is 1. The maximum Gasteiger partial charge on any atom is 0.261 e. The molecule has 128 valence electrons. The minimum Gasteiger partial charge on any atom is -0.326 e. The van der Waals surface area contributed by atoms with Crippen molar-refractivity contribution in [2.45, 2.75) is 37.9 Å². The smallest absolute Gasteiger partial charge is 0.261 e. The lowest BCUT2D eigenvalue weighted by Crippen LogP contribution is -2.50. The number of aromatic nitrogens is 2. The van der Waals surface area contributed by atoms with Gasteiger partial charge in [-0.05, 0) is 47.4 Å². The molecule has 8 heteroatoms. The molecule has 0 bridgehead atoms. The number of fused-ring (bicyclic) bond motifs is 1. The number of carbonyl (C=O) groups excluding carboxylic acids is 1. The minimum absolute atomic E-state index is 0.0135. The average molecular weight is 414 g/mol. The maximum absolute atomic E-state index is 12.5. The molecule has 24 heavy (non-hydrogen) atoms. The third kappa shape index (κ3) is 3.69. The molecule has 3 rings (SSSR count). The Kier molecular flexibility index (Phi) is 5.34. The molecule has 2 heterocycles. The van der Waals surface area contributed by atoms with E-state index in [1.54, 1.807) is 12.1 Å². The molecule has 2 atom stereocenters. The van der Waals surface area contributed by atoms with Crippen LogP contribution in [0.2, 0.25) is 5.02 Å². The Morgan fingerprint density at radius 2 is 2.29 bits per heavy atom. The molecule has 1 aliphatic rings. The topological polar surface area (TPSA) is 90.0 Å². The van der Waals surface area contributed by atoms with Gasteiger partial charge >= 0.3 is 0 Å². The second-order valence-electron chi connectivity index (χ2n) is 6.07. The summed E-state index contributed by atoms with van der Waals surface area (Å²) >= 11 is 9.36. The van der Waals surface area contributed by atoms with Crippen LogP contribution < -0.4 is 16.6 Å². The van der Waals surface area contributed by atoms with Crippen LogP contribution in [-0.4, -0.2) is 34.0 Å². The Bertz CT molecular complexity index is 839. The predicted molar refractivity (Wildman–Crippen MR) is 97.3 cm³/mol. The van der Waals surface area contributed by atoms with Gasteiger partial charge in [-0.25, -0.2) is 4.98 Å². The van der Waals surface area contributed by atoms with Gasteiger partial charge in [0.1, 0.15) is 0 Å². The normalized spacial score (nSPS) is 21.1. The third-order valence-electron chi connectivity index (χ3n) is 4.30. The van der Waals surface area contributed by atoms with E-state index < -0.39 is 0 Å². The number of hydrogen-bond acceptors (Lipinski definition) is 5. The number of carbonyl (C=O) groups is 1. The number of Topliss-reactive ketones (excluding diaryl/α,β-unsaturated/α-hetero) is 1. The summed E-state index contributed by atoms with van der Waals surface area (Å²) in [6.45, 7) is 0.858. The minimum atomic E-state index is -0.274. The Balaban J connectivity index is 1.79. The maximum atomic E-state index is 12.5. The molecule has 1 aliphatic heterocycles. The molecule has 1 aromatic carbocycles. The molecule has 2 aromatic rings. The lowest BCUT2D eigenvalue weighted by molar-refractivity contribution is -0.120. The number of halogens is 2. The van der Waals surface area contributed by atoms with Gasteiger partial charge in [0, 0.05) is 23.0 Å². The highest BCUT2D eigenvalue weighted by molar-refractivity contribution is 9.10. The highest BCUT2D eigenvalue weighted by Crippen LogP contribution is 2.25. The first-order valence-corrected chi connectivity index (χ1v) is 8.97. The van der Waals surface area contributed by atoms with Crippen molar-refractivity contribution in [2.24, 2.45) is 5.73 Å². The van der Waals surface area contributed by atoms with Crippen molar-refractivity contribution in [1.82, 2.24) is 14.9 Å². The van der Waals surface area contributed by atoms with Gasteiger partial charge < -0.3 is 11.1 Å². The van der Waals surface area contributed by atoms with Gasteiger partial charge in [0.2, 0.25) is 0 Å². The summed E-state index contributed by atoms with van der Waals surface area (Å²) in [5.74, 6) is -0.0451. The summed E-state index contributed by atoms with van der Waals surface area (Å²) in [4.78, 5) is 29.1. The zero-order valence-corrected chi connectivity index (χ0v) is 15.3. The molecule has 1 fully saturated rings. The first-order valence-electron chi connectivity index (χ1n) is 7.80.